The summed E-state index contributed by atoms with van der Waals surface area (Å²) in [6.45, 7) is 0.510. The molecule has 0 saturated heterocycles. The molecule has 0 spiro atoms. The molecule has 0 saturated carbocycles. The van der Waals surface area contributed by atoms with Crippen molar-refractivity contribution in [2.45, 2.75) is 13.0 Å². The number of carboxylic acids is 1. The van der Waals surface area contributed by atoms with Crippen LogP contribution in [0.2, 0.25) is 0 Å². The molecule has 0 aliphatic carbocycles. The summed E-state index contributed by atoms with van der Waals surface area (Å²) in [6.07, 6.45) is 1.44. The first-order valence-corrected chi connectivity index (χ1v) is 5.41. The van der Waals surface area contributed by atoms with Crippen molar-refractivity contribution in [1.29, 1.82) is 0 Å². The Balaban J connectivity index is 1.90. The number of nitrogens with zero attached hydrogens (tertiary/aromatic N) is 2. The van der Waals surface area contributed by atoms with Gasteiger partial charge in [0.1, 0.15) is 12.0 Å². The number of carbonyl (C=O) groups is 1. The van der Waals surface area contributed by atoms with Gasteiger partial charge in [-0.15, -0.1) is 11.3 Å². The molecule has 2 aromatic heterocycles. The van der Waals surface area contributed by atoms with Crippen molar-refractivity contribution >= 4 is 22.4 Å². The minimum Gasteiger partial charge on any atom is -0.481 e. The molecule has 0 fully saturated rings. The lowest BCUT2D eigenvalue weighted by molar-refractivity contribution is -0.136. The summed E-state index contributed by atoms with van der Waals surface area (Å²) in [5, 5.41) is 17.7. The van der Waals surface area contributed by atoms with E-state index in [2.05, 4.69) is 20.0 Å². The predicted molar refractivity (Wildman–Crippen MR) is 57.3 cm³/mol. The molecule has 6 nitrogen and oxygen atoms in total. The molecular weight excluding hydrogens is 230 g/mol. The lowest BCUT2D eigenvalue weighted by Crippen LogP contribution is -2.02. The Hall–Kier alpha value is -1.89. The normalized spacial score (nSPS) is 10.2. The second kappa shape index (κ2) is 4.75. The van der Waals surface area contributed by atoms with Crippen molar-refractivity contribution < 1.29 is 14.4 Å². The summed E-state index contributed by atoms with van der Waals surface area (Å²) in [7, 11) is 0. The summed E-state index contributed by atoms with van der Waals surface area (Å²) in [4.78, 5) is 14.6. The Morgan fingerprint density at radius 3 is 3.12 bits per heavy atom. The first-order chi connectivity index (χ1) is 7.74. The van der Waals surface area contributed by atoms with Crippen LogP contribution in [0, 0.1) is 0 Å². The van der Waals surface area contributed by atoms with Crippen LogP contribution in [0.3, 0.4) is 0 Å². The fraction of sp³-hybridized carbons (Fsp3) is 0.222. The molecule has 0 atom stereocenters. The zero-order chi connectivity index (χ0) is 11.4. The van der Waals surface area contributed by atoms with Gasteiger partial charge >= 0.3 is 5.97 Å². The van der Waals surface area contributed by atoms with Gasteiger partial charge in [0, 0.05) is 11.4 Å². The number of hydrogen-bond acceptors (Lipinski definition) is 6. The summed E-state index contributed by atoms with van der Waals surface area (Å²) >= 11 is 1.37. The van der Waals surface area contributed by atoms with Gasteiger partial charge in [-0.25, -0.2) is 4.98 Å². The number of thiazole rings is 1. The first kappa shape index (κ1) is 10.6. The number of hydrogen-bond donors (Lipinski definition) is 2. The van der Waals surface area contributed by atoms with Crippen LogP contribution in [0.25, 0.3) is 0 Å². The van der Waals surface area contributed by atoms with Crippen LogP contribution in [0.1, 0.15) is 11.4 Å². The lowest BCUT2D eigenvalue weighted by atomic mass is 10.3. The van der Waals surface area contributed by atoms with E-state index in [0.29, 0.717) is 17.4 Å². The zero-order valence-corrected chi connectivity index (χ0v) is 9.03. The first-order valence-electron chi connectivity index (χ1n) is 4.53. The maximum atomic E-state index is 10.4. The molecule has 2 N–H and O–H groups in total. The molecule has 2 rings (SSSR count). The second-order valence-corrected chi connectivity index (χ2v) is 3.92. The zero-order valence-electron chi connectivity index (χ0n) is 8.21. The Labute approximate surface area is 94.9 Å². The number of aliphatic carboxylic acids is 1. The molecule has 0 aliphatic heterocycles. The standard InChI is InChI=1S/C9H9N3O3S/c13-8(14)3-7-5-16-9(11-7)10-4-6-1-2-15-12-6/h1-2,5H,3-4H2,(H,10,11)(H,13,14). The molecule has 0 aromatic carbocycles. The molecule has 0 radical (unpaired) electrons. The summed E-state index contributed by atoms with van der Waals surface area (Å²) < 4.78 is 4.68. The number of rotatable bonds is 5. The largest absolute Gasteiger partial charge is 0.481 e. The topological polar surface area (TPSA) is 88.2 Å². The van der Waals surface area contributed by atoms with Crippen molar-refractivity contribution in [2.24, 2.45) is 0 Å². The Kier molecular flexibility index (Phi) is 3.16. The van der Waals surface area contributed by atoms with Gasteiger partial charge < -0.3 is 14.9 Å². The van der Waals surface area contributed by atoms with E-state index in [1.54, 1.807) is 11.4 Å². The number of anilines is 1. The van der Waals surface area contributed by atoms with Crippen molar-refractivity contribution in [2.75, 3.05) is 5.32 Å². The van der Waals surface area contributed by atoms with Crippen molar-refractivity contribution in [3.8, 4) is 0 Å². The van der Waals surface area contributed by atoms with E-state index < -0.39 is 5.97 Å². The molecule has 0 aliphatic rings. The third kappa shape index (κ3) is 2.80. The highest BCUT2D eigenvalue weighted by molar-refractivity contribution is 7.13. The molecular formula is C9H9N3O3S. The third-order valence-electron chi connectivity index (χ3n) is 1.80. The highest BCUT2D eigenvalue weighted by atomic mass is 32.1. The van der Waals surface area contributed by atoms with Gasteiger partial charge in [-0.3, -0.25) is 4.79 Å². The number of carboxylic acid groups (broad SMARTS) is 1. The lowest BCUT2D eigenvalue weighted by Gasteiger charge is -1.97. The monoisotopic (exact) mass is 239 g/mol. The SMILES string of the molecule is O=C(O)Cc1csc(NCc2ccon2)n1. The van der Waals surface area contributed by atoms with Crippen LogP contribution in [0.5, 0.6) is 0 Å². The molecule has 7 heteroatoms. The van der Waals surface area contributed by atoms with Crippen LogP contribution in [-0.4, -0.2) is 21.2 Å². The van der Waals surface area contributed by atoms with Gasteiger partial charge in [0.15, 0.2) is 5.13 Å². The van der Waals surface area contributed by atoms with Crippen molar-refractivity contribution in [3.05, 3.63) is 29.1 Å². The van der Waals surface area contributed by atoms with Gasteiger partial charge in [-0.2, -0.15) is 0 Å². The fourth-order valence-electron chi connectivity index (χ4n) is 1.12. The number of nitrogens with one attached hydrogen (secondary N) is 1. The minimum absolute atomic E-state index is 0.0534. The number of aromatic nitrogens is 2. The quantitative estimate of drug-likeness (QED) is 0.819. The average Bonchev–Trinajstić information content (AvgIpc) is 2.84. The second-order valence-electron chi connectivity index (χ2n) is 3.06. The van der Waals surface area contributed by atoms with Crippen molar-refractivity contribution in [1.82, 2.24) is 10.1 Å². The van der Waals surface area contributed by atoms with Gasteiger partial charge in [-0.1, -0.05) is 5.16 Å². The summed E-state index contributed by atoms with van der Waals surface area (Å²) in [5.41, 5.74) is 1.33. The maximum absolute atomic E-state index is 10.4. The van der Waals surface area contributed by atoms with E-state index in [4.69, 9.17) is 5.11 Å². The van der Waals surface area contributed by atoms with Crippen LogP contribution < -0.4 is 5.32 Å². The predicted octanol–water partition coefficient (Wildman–Crippen LogP) is 1.37. The maximum Gasteiger partial charge on any atom is 0.309 e. The Morgan fingerprint density at radius 1 is 1.56 bits per heavy atom. The van der Waals surface area contributed by atoms with Crippen molar-refractivity contribution in [3.63, 3.8) is 0 Å². The Morgan fingerprint density at radius 2 is 2.44 bits per heavy atom. The van der Waals surface area contributed by atoms with Crippen LogP contribution in [0.4, 0.5) is 5.13 Å². The van der Waals surface area contributed by atoms with E-state index >= 15 is 0 Å². The van der Waals surface area contributed by atoms with Crippen LogP contribution in [0.15, 0.2) is 22.2 Å². The summed E-state index contributed by atoms with van der Waals surface area (Å²) in [6, 6.07) is 1.75. The molecule has 16 heavy (non-hydrogen) atoms. The van der Waals surface area contributed by atoms with E-state index in [-0.39, 0.29) is 6.42 Å². The fourth-order valence-corrected chi connectivity index (χ4v) is 1.83. The summed E-state index contributed by atoms with van der Waals surface area (Å²) in [5.74, 6) is -0.881. The Bertz CT molecular complexity index is 466. The third-order valence-corrected chi connectivity index (χ3v) is 2.64. The van der Waals surface area contributed by atoms with E-state index in [1.807, 2.05) is 0 Å². The van der Waals surface area contributed by atoms with Gasteiger partial charge in [0.25, 0.3) is 0 Å². The smallest absolute Gasteiger partial charge is 0.309 e. The molecule has 0 amide bonds. The highest BCUT2D eigenvalue weighted by Crippen LogP contribution is 2.16. The average molecular weight is 239 g/mol. The van der Waals surface area contributed by atoms with Gasteiger partial charge in [0.05, 0.1) is 18.7 Å². The molecule has 0 unspecified atom stereocenters. The molecule has 2 heterocycles. The van der Waals surface area contributed by atoms with Gasteiger partial charge in [-0.05, 0) is 0 Å². The van der Waals surface area contributed by atoms with Crippen LogP contribution >= 0.6 is 11.3 Å². The van der Waals surface area contributed by atoms with E-state index in [9.17, 15) is 4.79 Å². The van der Waals surface area contributed by atoms with Crippen LogP contribution in [-0.2, 0) is 17.8 Å². The molecule has 84 valence electrons. The van der Waals surface area contributed by atoms with E-state index in [0.717, 1.165) is 5.69 Å². The minimum atomic E-state index is -0.881. The van der Waals surface area contributed by atoms with E-state index in [1.165, 1.54) is 17.6 Å². The molecule has 2 aromatic rings. The highest BCUT2D eigenvalue weighted by Gasteiger charge is 2.06. The van der Waals surface area contributed by atoms with Gasteiger partial charge in [0.2, 0.25) is 0 Å². The molecule has 0 bridgehead atoms.